The summed E-state index contributed by atoms with van der Waals surface area (Å²) in [6, 6.07) is 0. The molecule has 8 heavy (non-hydrogen) atoms. The summed E-state index contributed by atoms with van der Waals surface area (Å²) in [5.74, 6) is 0. The summed E-state index contributed by atoms with van der Waals surface area (Å²) in [6.45, 7) is 0.541. The first-order valence-corrected chi connectivity index (χ1v) is 2.65. The summed E-state index contributed by atoms with van der Waals surface area (Å²) in [7, 11) is 0. The zero-order chi connectivity index (χ0) is 5.82. The minimum absolute atomic E-state index is 0.454. The lowest BCUT2D eigenvalue weighted by Crippen LogP contribution is -1.99. The molecule has 3 heteroatoms. The third kappa shape index (κ3) is 1.42. The van der Waals surface area contributed by atoms with Crippen molar-refractivity contribution >= 4 is 23.5 Å². The number of rotatable bonds is 0. The molecule has 0 bridgehead atoms. The van der Waals surface area contributed by atoms with Crippen LogP contribution in [-0.2, 0) is 4.74 Å². The van der Waals surface area contributed by atoms with Crippen molar-refractivity contribution in [3.8, 4) is 0 Å². The monoisotopic (exact) mass is 127 g/mol. The molecule has 0 amide bonds. The van der Waals surface area contributed by atoms with E-state index in [2.05, 4.69) is 17.2 Å². The molecule has 1 aliphatic rings. The summed E-state index contributed by atoms with van der Waals surface area (Å²) >= 11 is 4.68. The Hall–Kier alpha value is -0.700. The van der Waals surface area contributed by atoms with Crippen LogP contribution in [0.15, 0.2) is 17.3 Å². The van der Waals surface area contributed by atoms with Crippen molar-refractivity contribution < 1.29 is 4.74 Å². The molecule has 0 aliphatic carbocycles. The third-order valence-corrected chi connectivity index (χ3v) is 0.916. The van der Waals surface area contributed by atoms with E-state index in [-0.39, 0.29) is 0 Å². The Bertz CT molecular complexity index is 151. The van der Waals surface area contributed by atoms with Crippen molar-refractivity contribution in [3.63, 3.8) is 0 Å². The van der Waals surface area contributed by atoms with Gasteiger partial charge in [0, 0.05) is 6.20 Å². The highest BCUT2D eigenvalue weighted by molar-refractivity contribution is 7.81. The largest absolute Gasteiger partial charge is 0.478 e. The van der Waals surface area contributed by atoms with Crippen LogP contribution in [0.3, 0.4) is 0 Å². The van der Waals surface area contributed by atoms with Crippen molar-refractivity contribution in [3.05, 3.63) is 12.3 Å². The fourth-order valence-corrected chi connectivity index (χ4v) is 0.504. The lowest BCUT2D eigenvalue weighted by atomic mass is 10.7. The predicted molar refractivity (Wildman–Crippen MR) is 36.2 cm³/mol. The van der Waals surface area contributed by atoms with E-state index in [0.29, 0.717) is 11.7 Å². The summed E-state index contributed by atoms with van der Waals surface area (Å²) in [6.07, 6.45) is 4.98. The molecular formula is C5H5NOS. The van der Waals surface area contributed by atoms with E-state index in [1.54, 1.807) is 12.3 Å². The number of aliphatic imine (C=N–C) groups is 1. The number of hydrogen-bond donors (Lipinski definition) is 0. The molecule has 0 unspecified atom stereocenters. The van der Waals surface area contributed by atoms with Gasteiger partial charge >= 0.3 is 0 Å². The van der Waals surface area contributed by atoms with Gasteiger partial charge in [0.15, 0.2) is 0 Å². The molecule has 42 valence electrons. The second-order valence-corrected chi connectivity index (χ2v) is 1.70. The first-order chi connectivity index (χ1) is 3.89. The average molecular weight is 127 g/mol. The lowest BCUT2D eigenvalue weighted by molar-refractivity contribution is 0.368. The summed E-state index contributed by atoms with van der Waals surface area (Å²) < 4.78 is 4.90. The quantitative estimate of drug-likeness (QED) is 0.451. The molecule has 0 aromatic heterocycles. The maximum atomic E-state index is 4.90. The van der Waals surface area contributed by atoms with Gasteiger partial charge in [-0.05, 0) is 18.3 Å². The minimum atomic E-state index is 0.454. The molecule has 1 rings (SSSR count). The maximum Gasteiger partial charge on any atom is 0.202 e. The Kier molecular flexibility index (Phi) is 1.75. The summed E-state index contributed by atoms with van der Waals surface area (Å²) in [5, 5.41) is 0.454. The molecule has 0 aromatic carbocycles. The van der Waals surface area contributed by atoms with Crippen LogP contribution in [0, 0.1) is 0 Å². The van der Waals surface area contributed by atoms with Gasteiger partial charge in [-0.1, -0.05) is 0 Å². The molecule has 1 aliphatic heterocycles. The van der Waals surface area contributed by atoms with Crippen molar-refractivity contribution in [1.29, 1.82) is 0 Å². The van der Waals surface area contributed by atoms with Gasteiger partial charge in [-0.2, -0.15) is 0 Å². The summed E-state index contributed by atoms with van der Waals surface area (Å²) in [4.78, 5) is 3.78. The number of hydrogen-bond acceptors (Lipinski definition) is 3. The Balaban J connectivity index is 2.58. The van der Waals surface area contributed by atoms with Gasteiger partial charge in [-0.15, -0.1) is 0 Å². The third-order valence-electron chi connectivity index (χ3n) is 0.693. The molecular weight excluding hydrogens is 122 g/mol. The van der Waals surface area contributed by atoms with Crippen LogP contribution < -0.4 is 0 Å². The molecule has 0 aromatic rings. The smallest absolute Gasteiger partial charge is 0.202 e. The fraction of sp³-hybridized carbons (Fsp3) is 0.200. The number of nitrogens with zero attached hydrogens (tertiary/aromatic N) is 1. The predicted octanol–water partition coefficient (Wildman–Crippen LogP) is 0.928. The van der Waals surface area contributed by atoms with E-state index in [0.717, 1.165) is 0 Å². The number of thiocarbonyl (C=S) groups is 1. The SMILES string of the molecule is S=C1C=NC=CCO1. The van der Waals surface area contributed by atoms with Crippen molar-refractivity contribution in [2.24, 2.45) is 4.99 Å². The van der Waals surface area contributed by atoms with Crippen LogP contribution in [0.1, 0.15) is 0 Å². The van der Waals surface area contributed by atoms with E-state index >= 15 is 0 Å². The average Bonchev–Trinajstić information content (AvgIpc) is 1.94. The Labute approximate surface area is 52.9 Å². The Morgan fingerprint density at radius 3 is 3.50 bits per heavy atom. The molecule has 1 heterocycles. The van der Waals surface area contributed by atoms with Crippen LogP contribution in [0.5, 0.6) is 0 Å². The first-order valence-electron chi connectivity index (χ1n) is 2.24. The Morgan fingerprint density at radius 2 is 2.62 bits per heavy atom. The molecule has 0 spiro atoms. The fourth-order valence-electron chi connectivity index (χ4n) is 0.375. The van der Waals surface area contributed by atoms with Gasteiger partial charge in [-0.25, -0.2) is 0 Å². The van der Waals surface area contributed by atoms with E-state index in [9.17, 15) is 0 Å². The second kappa shape index (κ2) is 2.57. The van der Waals surface area contributed by atoms with Gasteiger partial charge in [0.05, 0.1) is 6.21 Å². The molecule has 0 saturated carbocycles. The molecule has 0 fully saturated rings. The van der Waals surface area contributed by atoms with E-state index < -0.39 is 0 Å². The molecule has 0 radical (unpaired) electrons. The maximum absolute atomic E-state index is 4.90. The van der Waals surface area contributed by atoms with Gasteiger partial charge in [0.2, 0.25) is 5.05 Å². The molecule has 0 atom stereocenters. The second-order valence-electron chi connectivity index (χ2n) is 1.29. The van der Waals surface area contributed by atoms with Crippen LogP contribution >= 0.6 is 12.2 Å². The van der Waals surface area contributed by atoms with E-state index in [1.165, 1.54) is 6.21 Å². The van der Waals surface area contributed by atoms with Crippen LogP contribution in [0.2, 0.25) is 0 Å². The highest BCUT2D eigenvalue weighted by atomic mass is 32.1. The summed E-state index contributed by atoms with van der Waals surface area (Å²) in [5.41, 5.74) is 0. The standard InChI is InChI=1S/C5H5NOS/c8-5-4-6-2-1-3-7-5/h1-2,4H,3H2. The van der Waals surface area contributed by atoms with Gasteiger partial charge in [0.1, 0.15) is 6.61 Å². The van der Waals surface area contributed by atoms with Crippen LogP contribution in [-0.4, -0.2) is 17.9 Å². The first kappa shape index (κ1) is 5.44. The highest BCUT2D eigenvalue weighted by Crippen LogP contribution is 1.86. The zero-order valence-corrected chi connectivity index (χ0v) is 5.02. The van der Waals surface area contributed by atoms with Gasteiger partial charge in [0.25, 0.3) is 0 Å². The van der Waals surface area contributed by atoms with E-state index in [4.69, 9.17) is 4.74 Å². The normalized spacial score (nSPS) is 17.8. The minimum Gasteiger partial charge on any atom is -0.478 e. The number of ether oxygens (including phenoxy) is 1. The lowest BCUT2D eigenvalue weighted by Gasteiger charge is -1.93. The highest BCUT2D eigenvalue weighted by Gasteiger charge is 1.90. The van der Waals surface area contributed by atoms with Crippen LogP contribution in [0.25, 0.3) is 0 Å². The van der Waals surface area contributed by atoms with Crippen LogP contribution in [0.4, 0.5) is 0 Å². The van der Waals surface area contributed by atoms with Gasteiger partial charge < -0.3 is 4.74 Å². The van der Waals surface area contributed by atoms with Gasteiger partial charge in [-0.3, -0.25) is 4.99 Å². The van der Waals surface area contributed by atoms with Crippen molar-refractivity contribution in [2.75, 3.05) is 6.61 Å². The topological polar surface area (TPSA) is 21.6 Å². The zero-order valence-electron chi connectivity index (χ0n) is 4.20. The molecule has 0 N–H and O–H groups in total. The van der Waals surface area contributed by atoms with Crippen molar-refractivity contribution in [1.82, 2.24) is 0 Å². The Morgan fingerprint density at radius 1 is 1.75 bits per heavy atom. The van der Waals surface area contributed by atoms with Crippen molar-refractivity contribution in [2.45, 2.75) is 0 Å². The molecule has 2 nitrogen and oxygen atoms in total. The van der Waals surface area contributed by atoms with E-state index in [1.807, 2.05) is 0 Å². The molecule has 0 saturated heterocycles.